The number of ketones is 1. The Morgan fingerprint density at radius 1 is 1.05 bits per heavy atom. The summed E-state index contributed by atoms with van der Waals surface area (Å²) in [6, 6.07) is 7.40. The summed E-state index contributed by atoms with van der Waals surface area (Å²) in [7, 11) is -0.143. The van der Waals surface area contributed by atoms with Crippen molar-refractivity contribution in [3.05, 3.63) is 29.8 Å². The number of carbonyl (C=O) groups is 1. The van der Waals surface area contributed by atoms with Gasteiger partial charge in [0, 0.05) is 5.56 Å². The van der Waals surface area contributed by atoms with Crippen molar-refractivity contribution in [2.45, 2.75) is 57.3 Å². The highest BCUT2D eigenvalue weighted by Crippen LogP contribution is 2.37. The van der Waals surface area contributed by atoms with Crippen LogP contribution in [0.3, 0.4) is 0 Å². The summed E-state index contributed by atoms with van der Waals surface area (Å²) in [4.78, 5) is 13.1. The molecule has 1 aromatic carbocycles. The molecule has 2 rings (SSSR count). The molecule has 0 bridgehead atoms. The van der Waals surface area contributed by atoms with E-state index in [0.29, 0.717) is 0 Å². The van der Waals surface area contributed by atoms with E-state index in [1.807, 2.05) is 24.3 Å². The minimum Gasteiger partial charge on any atom is -0.497 e. The van der Waals surface area contributed by atoms with Gasteiger partial charge in [0.25, 0.3) is 0 Å². The zero-order chi connectivity index (χ0) is 15.5. The van der Waals surface area contributed by atoms with Crippen LogP contribution in [0.1, 0.15) is 42.5 Å². The minimum atomic E-state index is -1.78. The van der Waals surface area contributed by atoms with Gasteiger partial charge in [0.1, 0.15) is 11.4 Å². The van der Waals surface area contributed by atoms with Crippen molar-refractivity contribution in [3.8, 4) is 5.75 Å². The van der Waals surface area contributed by atoms with Crippen molar-refractivity contribution in [1.82, 2.24) is 0 Å². The molecule has 0 spiro atoms. The van der Waals surface area contributed by atoms with Gasteiger partial charge in [-0.3, -0.25) is 4.79 Å². The Hall–Kier alpha value is -1.13. The van der Waals surface area contributed by atoms with Crippen LogP contribution in [0.2, 0.25) is 19.6 Å². The predicted molar refractivity (Wildman–Crippen MR) is 87.6 cm³/mol. The quantitative estimate of drug-likeness (QED) is 0.596. The summed E-state index contributed by atoms with van der Waals surface area (Å²) in [5.41, 5.74) is 0.132. The Balaban J connectivity index is 2.28. The molecule has 0 atom stereocenters. The van der Waals surface area contributed by atoms with Crippen LogP contribution < -0.4 is 4.74 Å². The number of hydrogen-bond donors (Lipinski definition) is 0. The van der Waals surface area contributed by atoms with Crippen LogP contribution in [0.4, 0.5) is 0 Å². The Labute approximate surface area is 128 Å². The fourth-order valence-electron chi connectivity index (χ4n) is 3.09. The van der Waals surface area contributed by atoms with E-state index in [1.54, 1.807) is 7.11 Å². The molecular weight excluding hydrogens is 280 g/mol. The van der Waals surface area contributed by atoms with Crippen LogP contribution >= 0.6 is 0 Å². The molecule has 0 radical (unpaired) electrons. The van der Waals surface area contributed by atoms with Crippen molar-refractivity contribution in [2.75, 3.05) is 7.11 Å². The second-order valence-corrected chi connectivity index (χ2v) is 11.3. The lowest BCUT2D eigenvalue weighted by molar-refractivity contribution is 0.0225. The van der Waals surface area contributed by atoms with Gasteiger partial charge in [0.2, 0.25) is 0 Å². The van der Waals surface area contributed by atoms with Crippen LogP contribution in [0.25, 0.3) is 0 Å². The molecule has 1 fully saturated rings. The number of ether oxygens (including phenoxy) is 1. The van der Waals surface area contributed by atoms with E-state index in [9.17, 15) is 4.79 Å². The van der Waals surface area contributed by atoms with E-state index < -0.39 is 13.9 Å². The van der Waals surface area contributed by atoms with E-state index in [0.717, 1.165) is 37.0 Å². The Morgan fingerprint density at radius 3 is 2.10 bits per heavy atom. The first-order valence-electron chi connectivity index (χ1n) is 7.75. The zero-order valence-corrected chi connectivity index (χ0v) is 14.6. The second-order valence-electron chi connectivity index (χ2n) is 6.83. The first-order valence-corrected chi connectivity index (χ1v) is 11.2. The molecule has 0 amide bonds. The predicted octanol–water partition coefficient (Wildman–Crippen LogP) is 4.43. The Bertz CT molecular complexity index is 482. The third kappa shape index (κ3) is 3.95. The van der Waals surface area contributed by atoms with Crippen molar-refractivity contribution < 1.29 is 14.0 Å². The number of rotatable bonds is 5. The van der Waals surface area contributed by atoms with Gasteiger partial charge in [-0.2, -0.15) is 0 Å². The SMILES string of the molecule is COc1ccc(C(=O)C2(O[Si](C)(C)C)CCCCC2)cc1. The average Bonchev–Trinajstić information content (AvgIpc) is 2.46. The molecule has 0 aliphatic heterocycles. The Kier molecular flexibility index (Phi) is 4.89. The third-order valence-electron chi connectivity index (χ3n) is 3.93. The summed E-state index contributed by atoms with van der Waals surface area (Å²) in [6.07, 6.45) is 5.05. The molecule has 0 aromatic heterocycles. The summed E-state index contributed by atoms with van der Waals surface area (Å²) in [6.45, 7) is 6.47. The second kappa shape index (κ2) is 6.32. The average molecular weight is 306 g/mol. The molecule has 3 nitrogen and oxygen atoms in total. The molecule has 0 saturated heterocycles. The van der Waals surface area contributed by atoms with Gasteiger partial charge in [-0.15, -0.1) is 0 Å². The number of methoxy groups -OCH3 is 1. The number of hydrogen-bond acceptors (Lipinski definition) is 3. The highest BCUT2D eigenvalue weighted by molar-refractivity contribution is 6.70. The van der Waals surface area contributed by atoms with Gasteiger partial charge in [0.15, 0.2) is 14.1 Å². The van der Waals surface area contributed by atoms with Gasteiger partial charge in [-0.1, -0.05) is 19.3 Å². The molecule has 0 heterocycles. The molecule has 1 saturated carbocycles. The van der Waals surface area contributed by atoms with Gasteiger partial charge < -0.3 is 9.16 Å². The summed E-state index contributed by atoms with van der Waals surface area (Å²) in [5, 5.41) is 0. The van der Waals surface area contributed by atoms with Gasteiger partial charge in [0.05, 0.1) is 7.11 Å². The maximum absolute atomic E-state index is 13.1. The van der Waals surface area contributed by atoms with Crippen molar-refractivity contribution in [3.63, 3.8) is 0 Å². The minimum absolute atomic E-state index is 0.146. The topological polar surface area (TPSA) is 35.5 Å². The molecule has 21 heavy (non-hydrogen) atoms. The Morgan fingerprint density at radius 2 is 1.62 bits per heavy atom. The molecule has 116 valence electrons. The maximum Gasteiger partial charge on any atom is 0.193 e. The van der Waals surface area contributed by atoms with Crippen molar-refractivity contribution in [1.29, 1.82) is 0 Å². The molecule has 1 aromatic rings. The number of Topliss-reactive ketones (excluding diaryl/α,β-unsaturated/α-hetero) is 1. The van der Waals surface area contributed by atoms with E-state index >= 15 is 0 Å². The molecular formula is C17H26O3Si. The van der Waals surface area contributed by atoms with Crippen molar-refractivity contribution >= 4 is 14.1 Å². The molecule has 1 aliphatic carbocycles. The van der Waals surface area contributed by atoms with Crippen LogP contribution in [0.15, 0.2) is 24.3 Å². The molecule has 0 unspecified atom stereocenters. The fourth-order valence-corrected chi connectivity index (χ4v) is 4.56. The van der Waals surface area contributed by atoms with E-state index in [-0.39, 0.29) is 5.78 Å². The summed E-state index contributed by atoms with van der Waals surface area (Å²) in [5.74, 6) is 0.919. The first kappa shape index (κ1) is 16.2. The summed E-state index contributed by atoms with van der Waals surface area (Å²) >= 11 is 0. The van der Waals surface area contributed by atoms with E-state index in [1.165, 1.54) is 6.42 Å². The number of benzene rings is 1. The van der Waals surface area contributed by atoms with Crippen LogP contribution in [-0.2, 0) is 4.43 Å². The van der Waals surface area contributed by atoms with E-state index in [2.05, 4.69) is 19.6 Å². The van der Waals surface area contributed by atoms with Gasteiger partial charge >= 0.3 is 0 Å². The van der Waals surface area contributed by atoms with E-state index in [4.69, 9.17) is 9.16 Å². The standard InChI is InChI=1S/C17H26O3Si/c1-19-15-10-8-14(9-11-15)16(18)17(20-21(2,3)4)12-6-5-7-13-17/h8-11H,5-7,12-13H2,1-4H3. The molecule has 4 heteroatoms. The highest BCUT2D eigenvalue weighted by Gasteiger charge is 2.43. The van der Waals surface area contributed by atoms with Crippen LogP contribution in [0, 0.1) is 0 Å². The van der Waals surface area contributed by atoms with Crippen LogP contribution in [0.5, 0.6) is 5.75 Å². The molecule has 1 aliphatic rings. The monoisotopic (exact) mass is 306 g/mol. The van der Waals surface area contributed by atoms with Crippen molar-refractivity contribution in [2.24, 2.45) is 0 Å². The maximum atomic E-state index is 13.1. The normalized spacial score (nSPS) is 18.3. The molecule has 0 N–H and O–H groups in total. The zero-order valence-electron chi connectivity index (χ0n) is 13.6. The number of carbonyl (C=O) groups excluding carboxylic acids is 1. The summed E-state index contributed by atoms with van der Waals surface area (Å²) < 4.78 is 11.6. The van der Waals surface area contributed by atoms with Gasteiger partial charge in [-0.05, 0) is 56.7 Å². The largest absolute Gasteiger partial charge is 0.497 e. The lowest BCUT2D eigenvalue weighted by Crippen LogP contribution is -2.50. The highest BCUT2D eigenvalue weighted by atomic mass is 28.4. The smallest absolute Gasteiger partial charge is 0.193 e. The van der Waals surface area contributed by atoms with Crippen LogP contribution in [-0.4, -0.2) is 26.8 Å². The lowest BCUT2D eigenvalue weighted by atomic mass is 9.79. The third-order valence-corrected chi connectivity index (χ3v) is 4.93. The van der Waals surface area contributed by atoms with Gasteiger partial charge in [-0.25, -0.2) is 0 Å². The fraction of sp³-hybridized carbons (Fsp3) is 0.588. The lowest BCUT2D eigenvalue weighted by Gasteiger charge is -2.40. The first-order chi connectivity index (χ1) is 9.86.